The second-order valence-electron chi connectivity index (χ2n) is 8.83. The van der Waals surface area contributed by atoms with Crippen molar-refractivity contribution < 1.29 is 43.5 Å². The molecule has 0 aromatic carbocycles. The SMILES string of the molecule is C[C@H](N)C(=O)NCC(=O)N[C@@H](C)C(=O)N[C@@H](C)C(=O)N[C@@H](C)C(=O)N[C@@H](C)C(=O)NCC(=O)N[C@@H](C)C(=O)O. The summed E-state index contributed by atoms with van der Waals surface area (Å²) in [6, 6.07) is -6.31. The highest BCUT2D eigenvalue weighted by Gasteiger charge is 2.25. The molecule has 0 aliphatic rings. The van der Waals surface area contributed by atoms with Gasteiger partial charge in [0.25, 0.3) is 0 Å². The maximum Gasteiger partial charge on any atom is 0.325 e. The number of hydrogen-bond acceptors (Lipinski definition) is 9. The number of carbonyl (C=O) groups is 8. The summed E-state index contributed by atoms with van der Waals surface area (Å²) >= 11 is 0. The summed E-state index contributed by atoms with van der Waals surface area (Å²) in [6.07, 6.45) is 0. The Balaban J connectivity index is 4.58. The fraction of sp³-hybridized carbons (Fsp3) is 0.636. The maximum atomic E-state index is 12.4. The number of nitrogens with one attached hydrogen (secondary N) is 7. The Morgan fingerprint density at radius 3 is 1.18 bits per heavy atom. The Labute approximate surface area is 225 Å². The van der Waals surface area contributed by atoms with E-state index in [-0.39, 0.29) is 0 Å². The van der Waals surface area contributed by atoms with E-state index in [9.17, 15) is 38.4 Å². The number of amides is 7. The van der Waals surface area contributed by atoms with Crippen molar-refractivity contribution in [2.24, 2.45) is 5.73 Å². The van der Waals surface area contributed by atoms with Gasteiger partial charge >= 0.3 is 5.97 Å². The molecule has 0 aliphatic carbocycles. The quantitative estimate of drug-likeness (QED) is 0.0925. The highest BCUT2D eigenvalue weighted by Crippen LogP contribution is 1.92. The van der Waals surface area contributed by atoms with Crippen LogP contribution in [-0.4, -0.2) is 102 Å². The molecule has 0 bridgehead atoms. The summed E-state index contributed by atoms with van der Waals surface area (Å²) in [7, 11) is 0. The van der Waals surface area contributed by atoms with Crippen molar-refractivity contribution in [3.8, 4) is 0 Å². The summed E-state index contributed by atoms with van der Waals surface area (Å²) < 4.78 is 0. The molecule has 17 heteroatoms. The lowest BCUT2D eigenvalue weighted by Crippen LogP contribution is -2.56. The molecule has 0 aliphatic heterocycles. The smallest absolute Gasteiger partial charge is 0.325 e. The molecular weight excluding hydrogens is 520 g/mol. The number of hydrogen-bond donors (Lipinski definition) is 9. The highest BCUT2D eigenvalue weighted by atomic mass is 16.4. The third-order valence-electron chi connectivity index (χ3n) is 5.03. The van der Waals surface area contributed by atoms with E-state index in [4.69, 9.17) is 10.8 Å². The normalized spacial score (nSPS) is 15.1. The Morgan fingerprint density at radius 1 is 0.513 bits per heavy atom. The van der Waals surface area contributed by atoms with Crippen LogP contribution >= 0.6 is 0 Å². The lowest BCUT2D eigenvalue weighted by molar-refractivity contribution is -0.141. The number of rotatable bonds is 15. The van der Waals surface area contributed by atoms with Crippen LogP contribution in [-0.2, 0) is 38.4 Å². The van der Waals surface area contributed by atoms with Crippen LogP contribution in [0.3, 0.4) is 0 Å². The van der Waals surface area contributed by atoms with E-state index in [1.54, 1.807) is 0 Å². The maximum absolute atomic E-state index is 12.4. The van der Waals surface area contributed by atoms with Gasteiger partial charge in [0, 0.05) is 0 Å². The second-order valence-corrected chi connectivity index (χ2v) is 8.83. The molecule has 10 N–H and O–H groups in total. The van der Waals surface area contributed by atoms with Crippen molar-refractivity contribution in [1.29, 1.82) is 0 Å². The molecule has 0 saturated heterocycles. The third-order valence-corrected chi connectivity index (χ3v) is 5.03. The zero-order chi connectivity index (χ0) is 30.4. The molecule has 6 atom stereocenters. The van der Waals surface area contributed by atoms with Gasteiger partial charge in [-0.25, -0.2) is 0 Å². The number of nitrogens with two attached hydrogens (primary N) is 1. The molecule has 0 aromatic rings. The van der Waals surface area contributed by atoms with Crippen LogP contribution in [0.4, 0.5) is 0 Å². The molecule has 0 spiro atoms. The molecule has 0 saturated carbocycles. The van der Waals surface area contributed by atoms with Crippen LogP contribution in [0, 0.1) is 0 Å². The predicted octanol–water partition coefficient (Wildman–Crippen LogP) is -4.83. The standard InChI is InChI=1S/C22H38N8O9/c1-9(23)17(33)24-7-15(31)26-11(3)19(35)29-13(5)21(37)30-12(4)20(36)28-10(2)18(34)25-8-16(32)27-14(6)22(38)39/h9-14H,7-8,23H2,1-6H3,(H,24,33)(H,25,34)(H,26,31)(H,27,32)(H,28,36)(H,29,35)(H,30,37)(H,38,39)/t9-,10-,11-,12-,13-,14-/m0/s1. The fourth-order valence-corrected chi connectivity index (χ4v) is 2.57. The molecule has 0 fully saturated rings. The van der Waals surface area contributed by atoms with Crippen molar-refractivity contribution in [3.63, 3.8) is 0 Å². The van der Waals surface area contributed by atoms with E-state index < -0.39 is 96.7 Å². The second kappa shape index (κ2) is 16.5. The van der Waals surface area contributed by atoms with Crippen LogP contribution < -0.4 is 43.0 Å². The fourth-order valence-electron chi connectivity index (χ4n) is 2.57. The molecule has 17 nitrogen and oxygen atoms in total. The Morgan fingerprint density at radius 2 is 0.821 bits per heavy atom. The van der Waals surface area contributed by atoms with E-state index in [0.29, 0.717) is 0 Å². The van der Waals surface area contributed by atoms with Crippen molar-refractivity contribution in [2.75, 3.05) is 13.1 Å². The first-order chi connectivity index (χ1) is 18.0. The van der Waals surface area contributed by atoms with Crippen LogP contribution in [0.1, 0.15) is 41.5 Å². The molecule has 220 valence electrons. The molecule has 0 rings (SSSR count). The monoisotopic (exact) mass is 558 g/mol. The zero-order valence-corrected chi connectivity index (χ0v) is 22.7. The number of carboxylic acids is 1. The van der Waals surface area contributed by atoms with Crippen LogP contribution in [0.25, 0.3) is 0 Å². The minimum Gasteiger partial charge on any atom is -0.480 e. The lowest BCUT2D eigenvalue weighted by atomic mass is 10.2. The molecule has 0 heterocycles. The van der Waals surface area contributed by atoms with Gasteiger partial charge in [0.05, 0.1) is 19.1 Å². The Bertz CT molecular complexity index is 956. The largest absolute Gasteiger partial charge is 0.480 e. The van der Waals surface area contributed by atoms with Gasteiger partial charge < -0.3 is 48.1 Å². The van der Waals surface area contributed by atoms with Crippen molar-refractivity contribution >= 4 is 47.3 Å². The molecule has 7 amide bonds. The molecule has 39 heavy (non-hydrogen) atoms. The van der Waals surface area contributed by atoms with Crippen LogP contribution in [0.15, 0.2) is 0 Å². The van der Waals surface area contributed by atoms with Gasteiger partial charge in [-0.2, -0.15) is 0 Å². The summed E-state index contributed by atoms with van der Waals surface area (Å²) in [4.78, 5) is 94.8. The molecule has 0 unspecified atom stereocenters. The lowest BCUT2D eigenvalue weighted by Gasteiger charge is -2.21. The first-order valence-electron chi connectivity index (χ1n) is 12.0. The Kier molecular flexibility index (Phi) is 14.7. The van der Waals surface area contributed by atoms with Gasteiger partial charge in [-0.15, -0.1) is 0 Å². The Hall–Kier alpha value is -4.28. The highest BCUT2D eigenvalue weighted by molar-refractivity contribution is 5.96. The van der Waals surface area contributed by atoms with Crippen LogP contribution in [0.5, 0.6) is 0 Å². The first kappa shape index (κ1) is 34.7. The van der Waals surface area contributed by atoms with E-state index >= 15 is 0 Å². The average Bonchev–Trinajstić information content (AvgIpc) is 2.84. The van der Waals surface area contributed by atoms with Crippen LogP contribution in [0.2, 0.25) is 0 Å². The summed E-state index contributed by atoms with van der Waals surface area (Å²) in [5, 5.41) is 24.9. The number of carbonyl (C=O) groups excluding carboxylic acids is 7. The van der Waals surface area contributed by atoms with Crippen molar-refractivity contribution in [1.82, 2.24) is 37.2 Å². The van der Waals surface area contributed by atoms with Gasteiger partial charge in [-0.3, -0.25) is 38.4 Å². The van der Waals surface area contributed by atoms with E-state index in [1.807, 2.05) is 0 Å². The minimum atomic E-state index is -1.25. The predicted molar refractivity (Wildman–Crippen MR) is 135 cm³/mol. The topological polar surface area (TPSA) is 267 Å². The third kappa shape index (κ3) is 13.7. The van der Waals surface area contributed by atoms with E-state index in [0.717, 1.165) is 0 Å². The summed E-state index contributed by atoms with van der Waals surface area (Å²) in [5.74, 6) is -6.07. The zero-order valence-electron chi connectivity index (χ0n) is 22.7. The van der Waals surface area contributed by atoms with E-state index in [2.05, 4.69) is 37.2 Å². The molecular formula is C22H38N8O9. The summed E-state index contributed by atoms with van der Waals surface area (Å²) in [6.45, 7) is 7.17. The molecule has 0 aromatic heterocycles. The van der Waals surface area contributed by atoms with E-state index in [1.165, 1.54) is 41.5 Å². The average molecular weight is 559 g/mol. The number of aliphatic carboxylic acids is 1. The van der Waals surface area contributed by atoms with Crippen molar-refractivity contribution in [3.05, 3.63) is 0 Å². The first-order valence-corrected chi connectivity index (χ1v) is 12.0. The van der Waals surface area contributed by atoms with Gasteiger partial charge in [0.15, 0.2) is 0 Å². The molecule has 0 radical (unpaired) electrons. The van der Waals surface area contributed by atoms with Crippen molar-refractivity contribution in [2.45, 2.75) is 77.8 Å². The number of carboxylic acid groups (broad SMARTS) is 1. The van der Waals surface area contributed by atoms with Gasteiger partial charge in [0.2, 0.25) is 41.4 Å². The minimum absolute atomic E-state index is 0.395. The van der Waals surface area contributed by atoms with Gasteiger partial charge in [-0.1, -0.05) is 0 Å². The summed E-state index contributed by atoms with van der Waals surface area (Å²) in [5.41, 5.74) is 5.37. The van der Waals surface area contributed by atoms with Gasteiger partial charge in [0.1, 0.15) is 30.2 Å². The van der Waals surface area contributed by atoms with Gasteiger partial charge in [-0.05, 0) is 41.5 Å².